The molecule has 0 aromatic carbocycles. The van der Waals surface area contributed by atoms with E-state index < -0.39 is 6.09 Å². The van der Waals surface area contributed by atoms with Gasteiger partial charge in [0.05, 0.1) is 0 Å². The lowest BCUT2D eigenvalue weighted by atomic mass is 9.98. The van der Waals surface area contributed by atoms with Crippen molar-refractivity contribution in [3.63, 3.8) is 0 Å². The van der Waals surface area contributed by atoms with Crippen molar-refractivity contribution in [3.8, 4) is 0 Å². The molecule has 2 aliphatic rings. The van der Waals surface area contributed by atoms with Crippen molar-refractivity contribution in [1.82, 2.24) is 0 Å². The maximum absolute atomic E-state index is 10.4. The Morgan fingerprint density at radius 3 is 2.64 bits per heavy atom. The highest BCUT2D eigenvalue weighted by Gasteiger charge is 2.41. The van der Waals surface area contributed by atoms with Gasteiger partial charge in [-0.05, 0) is 37.5 Å². The highest BCUT2D eigenvalue weighted by molar-refractivity contribution is 5.64. The van der Waals surface area contributed by atoms with E-state index in [9.17, 15) is 4.79 Å². The first-order valence-electron chi connectivity index (χ1n) is 4.22. The topological polar surface area (TPSA) is 52.3 Å². The predicted molar refractivity (Wildman–Crippen MR) is 39.9 cm³/mol. The predicted octanol–water partition coefficient (Wildman–Crippen LogP) is 1.27. The van der Waals surface area contributed by atoms with Crippen LogP contribution in [0.15, 0.2) is 0 Å². The van der Waals surface area contributed by atoms with Gasteiger partial charge in [-0.3, -0.25) is 0 Å². The summed E-state index contributed by atoms with van der Waals surface area (Å²) in [5.41, 5.74) is 4.94. The molecule has 0 aromatic heterocycles. The number of ether oxygens (including phenoxy) is 1. The molecule has 2 saturated carbocycles. The molecule has 0 saturated heterocycles. The van der Waals surface area contributed by atoms with E-state index in [2.05, 4.69) is 0 Å². The molecule has 0 radical (unpaired) electrons. The van der Waals surface area contributed by atoms with Crippen molar-refractivity contribution in [1.29, 1.82) is 0 Å². The SMILES string of the molecule is NC(=O)OC1CC2CCC1C2. The summed E-state index contributed by atoms with van der Waals surface area (Å²) < 4.78 is 4.98. The van der Waals surface area contributed by atoms with Crippen LogP contribution in [0.1, 0.15) is 25.7 Å². The largest absolute Gasteiger partial charge is 0.446 e. The number of rotatable bonds is 1. The van der Waals surface area contributed by atoms with Crippen LogP contribution in [0.5, 0.6) is 0 Å². The average molecular weight is 155 g/mol. The summed E-state index contributed by atoms with van der Waals surface area (Å²) in [5.74, 6) is 1.43. The quantitative estimate of drug-likeness (QED) is 0.620. The van der Waals surface area contributed by atoms with Crippen LogP contribution >= 0.6 is 0 Å². The van der Waals surface area contributed by atoms with Crippen LogP contribution in [-0.2, 0) is 4.74 Å². The summed E-state index contributed by atoms with van der Waals surface area (Å²) in [4.78, 5) is 10.4. The maximum Gasteiger partial charge on any atom is 0.404 e. The van der Waals surface area contributed by atoms with Gasteiger partial charge in [-0.25, -0.2) is 4.79 Å². The molecule has 11 heavy (non-hydrogen) atoms. The number of hydrogen-bond acceptors (Lipinski definition) is 2. The first-order chi connectivity index (χ1) is 5.25. The van der Waals surface area contributed by atoms with Gasteiger partial charge in [0.15, 0.2) is 0 Å². The molecule has 2 bridgehead atoms. The second kappa shape index (κ2) is 2.40. The van der Waals surface area contributed by atoms with Crippen molar-refractivity contribution in [3.05, 3.63) is 0 Å². The Hall–Kier alpha value is -0.730. The molecule has 2 N–H and O–H groups in total. The van der Waals surface area contributed by atoms with Gasteiger partial charge in [0.1, 0.15) is 6.10 Å². The fourth-order valence-electron chi connectivity index (χ4n) is 2.48. The van der Waals surface area contributed by atoms with Crippen LogP contribution in [0.25, 0.3) is 0 Å². The van der Waals surface area contributed by atoms with E-state index in [4.69, 9.17) is 10.5 Å². The summed E-state index contributed by atoms with van der Waals surface area (Å²) in [6.07, 6.45) is 4.38. The summed E-state index contributed by atoms with van der Waals surface area (Å²) >= 11 is 0. The van der Waals surface area contributed by atoms with Crippen LogP contribution in [0.3, 0.4) is 0 Å². The van der Waals surface area contributed by atoms with Gasteiger partial charge >= 0.3 is 6.09 Å². The zero-order valence-electron chi connectivity index (χ0n) is 6.45. The molecular weight excluding hydrogens is 142 g/mol. The van der Waals surface area contributed by atoms with E-state index in [-0.39, 0.29) is 6.10 Å². The van der Waals surface area contributed by atoms with Gasteiger partial charge < -0.3 is 10.5 Å². The second-order valence-electron chi connectivity index (χ2n) is 3.65. The molecule has 3 heteroatoms. The van der Waals surface area contributed by atoms with Gasteiger partial charge in [0, 0.05) is 0 Å². The van der Waals surface area contributed by atoms with Crippen LogP contribution in [0.4, 0.5) is 4.79 Å². The van der Waals surface area contributed by atoms with Crippen LogP contribution < -0.4 is 5.73 Å². The standard InChI is InChI=1S/C8H13NO2/c9-8(10)11-7-4-5-1-2-6(7)3-5/h5-7H,1-4H2,(H2,9,10). The molecule has 0 aliphatic heterocycles. The first-order valence-corrected chi connectivity index (χ1v) is 4.22. The van der Waals surface area contributed by atoms with Gasteiger partial charge in [-0.1, -0.05) is 0 Å². The summed E-state index contributed by atoms with van der Waals surface area (Å²) in [6, 6.07) is 0. The Balaban J connectivity index is 1.92. The molecule has 2 aliphatic carbocycles. The zero-order chi connectivity index (χ0) is 7.84. The molecule has 0 aromatic rings. The highest BCUT2D eigenvalue weighted by atomic mass is 16.6. The molecule has 0 spiro atoms. The molecule has 3 nitrogen and oxygen atoms in total. The third-order valence-corrected chi connectivity index (χ3v) is 2.94. The van der Waals surface area contributed by atoms with Gasteiger partial charge in [0.2, 0.25) is 0 Å². The van der Waals surface area contributed by atoms with Crippen LogP contribution in [0.2, 0.25) is 0 Å². The summed E-state index contributed by atoms with van der Waals surface area (Å²) in [6.45, 7) is 0. The molecule has 0 heterocycles. The number of amides is 1. The number of carbonyl (C=O) groups excluding carboxylic acids is 1. The zero-order valence-corrected chi connectivity index (χ0v) is 6.45. The van der Waals surface area contributed by atoms with Crippen LogP contribution in [-0.4, -0.2) is 12.2 Å². The smallest absolute Gasteiger partial charge is 0.404 e. The molecule has 2 rings (SSSR count). The molecule has 3 unspecified atom stereocenters. The lowest BCUT2D eigenvalue weighted by molar-refractivity contribution is 0.0720. The number of carbonyl (C=O) groups is 1. The normalized spacial score (nSPS) is 40.9. The maximum atomic E-state index is 10.4. The number of nitrogens with two attached hydrogens (primary N) is 1. The van der Waals surface area contributed by atoms with Gasteiger partial charge in [-0.15, -0.1) is 0 Å². The number of fused-ring (bicyclic) bond motifs is 2. The lowest BCUT2D eigenvalue weighted by Crippen LogP contribution is -2.27. The lowest BCUT2D eigenvalue weighted by Gasteiger charge is -2.20. The Kier molecular flexibility index (Phi) is 1.51. The minimum Gasteiger partial charge on any atom is -0.446 e. The number of hydrogen-bond donors (Lipinski definition) is 1. The van der Waals surface area contributed by atoms with Crippen molar-refractivity contribution in [2.24, 2.45) is 17.6 Å². The Morgan fingerprint density at radius 2 is 2.18 bits per heavy atom. The molecule has 3 atom stereocenters. The highest BCUT2D eigenvalue weighted by Crippen LogP contribution is 2.45. The van der Waals surface area contributed by atoms with E-state index in [0.717, 1.165) is 12.3 Å². The van der Waals surface area contributed by atoms with E-state index in [0.29, 0.717) is 5.92 Å². The monoisotopic (exact) mass is 155 g/mol. The van der Waals surface area contributed by atoms with Crippen molar-refractivity contribution in [2.45, 2.75) is 31.8 Å². The van der Waals surface area contributed by atoms with E-state index in [1.165, 1.54) is 19.3 Å². The van der Waals surface area contributed by atoms with Crippen molar-refractivity contribution >= 4 is 6.09 Å². The van der Waals surface area contributed by atoms with Gasteiger partial charge in [-0.2, -0.15) is 0 Å². The van der Waals surface area contributed by atoms with E-state index in [1.54, 1.807) is 0 Å². The van der Waals surface area contributed by atoms with Crippen molar-refractivity contribution < 1.29 is 9.53 Å². The minimum atomic E-state index is -0.609. The van der Waals surface area contributed by atoms with E-state index in [1.807, 2.05) is 0 Å². The Bertz CT molecular complexity index is 181. The molecular formula is C8H13NO2. The average Bonchev–Trinajstić information content (AvgIpc) is 2.45. The third kappa shape index (κ3) is 1.19. The molecule has 1 amide bonds. The fraction of sp³-hybridized carbons (Fsp3) is 0.875. The van der Waals surface area contributed by atoms with E-state index >= 15 is 0 Å². The third-order valence-electron chi connectivity index (χ3n) is 2.94. The minimum absolute atomic E-state index is 0.145. The fourth-order valence-corrected chi connectivity index (χ4v) is 2.48. The molecule has 62 valence electrons. The Morgan fingerprint density at radius 1 is 1.36 bits per heavy atom. The summed E-state index contributed by atoms with van der Waals surface area (Å²) in [5, 5.41) is 0. The van der Waals surface area contributed by atoms with Gasteiger partial charge in [0.25, 0.3) is 0 Å². The summed E-state index contributed by atoms with van der Waals surface area (Å²) in [7, 11) is 0. The molecule has 2 fully saturated rings. The first kappa shape index (κ1) is 6.95. The second-order valence-corrected chi connectivity index (χ2v) is 3.65. The number of primary amides is 1. The van der Waals surface area contributed by atoms with Crippen molar-refractivity contribution in [2.75, 3.05) is 0 Å². The Labute approximate surface area is 65.9 Å². The van der Waals surface area contributed by atoms with Crippen LogP contribution in [0, 0.1) is 11.8 Å².